The number of rotatable bonds is 6. The van der Waals surface area contributed by atoms with E-state index in [0.717, 1.165) is 35.0 Å². The van der Waals surface area contributed by atoms with Crippen molar-refractivity contribution in [3.63, 3.8) is 0 Å². The van der Waals surface area contributed by atoms with Crippen LogP contribution >= 0.6 is 11.6 Å². The van der Waals surface area contributed by atoms with Crippen molar-refractivity contribution in [2.75, 3.05) is 6.54 Å². The SMILES string of the molecule is CCNCc1ccc(Oc2ccc(Cl)c(CC)c2)nn1. The zero-order valence-corrected chi connectivity index (χ0v) is 12.4. The van der Waals surface area contributed by atoms with Gasteiger partial charge in [0, 0.05) is 17.6 Å². The molecule has 0 aliphatic carbocycles. The predicted molar refractivity (Wildman–Crippen MR) is 80.3 cm³/mol. The van der Waals surface area contributed by atoms with E-state index >= 15 is 0 Å². The monoisotopic (exact) mass is 291 g/mol. The van der Waals surface area contributed by atoms with E-state index in [4.69, 9.17) is 16.3 Å². The van der Waals surface area contributed by atoms with Crippen LogP contribution in [0.1, 0.15) is 25.1 Å². The van der Waals surface area contributed by atoms with Crippen LogP contribution in [0.5, 0.6) is 11.6 Å². The summed E-state index contributed by atoms with van der Waals surface area (Å²) in [6.07, 6.45) is 0.864. The Hall–Kier alpha value is -1.65. The van der Waals surface area contributed by atoms with Gasteiger partial charge in [-0.25, -0.2) is 0 Å². The van der Waals surface area contributed by atoms with E-state index in [1.54, 1.807) is 0 Å². The zero-order valence-electron chi connectivity index (χ0n) is 11.7. The van der Waals surface area contributed by atoms with Crippen molar-refractivity contribution in [2.45, 2.75) is 26.8 Å². The molecule has 0 bridgehead atoms. The molecule has 0 spiro atoms. The van der Waals surface area contributed by atoms with Crippen molar-refractivity contribution in [1.82, 2.24) is 15.5 Å². The second-order valence-electron chi connectivity index (χ2n) is 4.35. The largest absolute Gasteiger partial charge is 0.438 e. The molecular weight excluding hydrogens is 274 g/mol. The smallest absolute Gasteiger partial charge is 0.238 e. The summed E-state index contributed by atoms with van der Waals surface area (Å²) in [5, 5.41) is 12.1. The summed E-state index contributed by atoms with van der Waals surface area (Å²) >= 11 is 6.08. The Balaban J connectivity index is 2.06. The number of hydrogen-bond donors (Lipinski definition) is 1. The second kappa shape index (κ2) is 7.22. The molecule has 0 aliphatic heterocycles. The molecule has 0 atom stereocenters. The third-order valence-electron chi connectivity index (χ3n) is 2.87. The van der Waals surface area contributed by atoms with Gasteiger partial charge in [0.2, 0.25) is 5.88 Å². The number of aromatic nitrogens is 2. The normalized spacial score (nSPS) is 10.6. The average Bonchev–Trinajstić information content (AvgIpc) is 2.48. The van der Waals surface area contributed by atoms with Crippen molar-refractivity contribution in [2.24, 2.45) is 0 Å². The van der Waals surface area contributed by atoms with Gasteiger partial charge in [-0.1, -0.05) is 25.4 Å². The van der Waals surface area contributed by atoms with Crippen LogP contribution in [-0.2, 0) is 13.0 Å². The standard InChI is InChI=1S/C15H18ClN3O/c1-3-11-9-13(6-7-14(11)16)20-15-8-5-12(18-19-15)10-17-4-2/h5-9,17H,3-4,10H2,1-2H3. The highest BCUT2D eigenvalue weighted by molar-refractivity contribution is 6.31. The van der Waals surface area contributed by atoms with Gasteiger partial charge in [-0.15, -0.1) is 5.10 Å². The van der Waals surface area contributed by atoms with Crippen LogP contribution < -0.4 is 10.1 Å². The summed E-state index contributed by atoms with van der Waals surface area (Å²) in [5.41, 5.74) is 1.95. The van der Waals surface area contributed by atoms with Crippen molar-refractivity contribution in [3.05, 3.63) is 46.6 Å². The maximum absolute atomic E-state index is 6.08. The van der Waals surface area contributed by atoms with E-state index in [1.165, 1.54) is 0 Å². The lowest BCUT2D eigenvalue weighted by atomic mass is 10.1. The summed E-state index contributed by atoms with van der Waals surface area (Å²) in [6.45, 7) is 5.73. The van der Waals surface area contributed by atoms with Crippen LogP contribution in [0.4, 0.5) is 0 Å². The van der Waals surface area contributed by atoms with Gasteiger partial charge in [0.15, 0.2) is 0 Å². The Morgan fingerprint density at radius 3 is 2.65 bits per heavy atom. The van der Waals surface area contributed by atoms with Crippen LogP contribution in [-0.4, -0.2) is 16.7 Å². The van der Waals surface area contributed by atoms with Gasteiger partial charge in [-0.05, 0) is 42.8 Å². The van der Waals surface area contributed by atoms with E-state index in [1.807, 2.05) is 30.3 Å². The maximum atomic E-state index is 6.08. The van der Waals surface area contributed by atoms with Gasteiger partial charge in [-0.2, -0.15) is 5.10 Å². The first-order valence-corrected chi connectivity index (χ1v) is 7.10. The van der Waals surface area contributed by atoms with E-state index in [-0.39, 0.29) is 0 Å². The zero-order chi connectivity index (χ0) is 14.4. The molecule has 20 heavy (non-hydrogen) atoms. The molecule has 1 N–H and O–H groups in total. The lowest BCUT2D eigenvalue weighted by Crippen LogP contribution is -2.13. The number of halogens is 1. The van der Waals surface area contributed by atoms with Crippen molar-refractivity contribution in [3.8, 4) is 11.6 Å². The molecule has 0 saturated carbocycles. The van der Waals surface area contributed by atoms with E-state index < -0.39 is 0 Å². The van der Waals surface area contributed by atoms with E-state index in [9.17, 15) is 0 Å². The third-order valence-corrected chi connectivity index (χ3v) is 3.24. The third kappa shape index (κ3) is 3.92. The topological polar surface area (TPSA) is 47.0 Å². The lowest BCUT2D eigenvalue weighted by molar-refractivity contribution is 0.452. The number of ether oxygens (including phenoxy) is 1. The number of aryl methyl sites for hydroxylation is 1. The highest BCUT2D eigenvalue weighted by Crippen LogP contribution is 2.25. The predicted octanol–water partition coefficient (Wildman–Crippen LogP) is 3.59. The van der Waals surface area contributed by atoms with Crippen molar-refractivity contribution in [1.29, 1.82) is 0 Å². The van der Waals surface area contributed by atoms with Gasteiger partial charge in [-0.3, -0.25) is 0 Å². The maximum Gasteiger partial charge on any atom is 0.238 e. The molecule has 1 aromatic carbocycles. The number of nitrogens with one attached hydrogen (secondary N) is 1. The first-order chi connectivity index (χ1) is 9.72. The second-order valence-corrected chi connectivity index (χ2v) is 4.76. The fraction of sp³-hybridized carbons (Fsp3) is 0.333. The molecule has 0 amide bonds. The highest BCUT2D eigenvalue weighted by Gasteiger charge is 2.04. The van der Waals surface area contributed by atoms with Crippen LogP contribution in [0.2, 0.25) is 5.02 Å². The Labute approximate surface area is 124 Å². The fourth-order valence-electron chi connectivity index (χ4n) is 1.76. The molecule has 106 valence electrons. The summed E-state index contributed by atoms with van der Waals surface area (Å²) in [7, 11) is 0. The Morgan fingerprint density at radius 1 is 1.15 bits per heavy atom. The Morgan fingerprint density at radius 2 is 2.00 bits per heavy atom. The van der Waals surface area contributed by atoms with Crippen LogP contribution in [0.15, 0.2) is 30.3 Å². The minimum atomic E-state index is 0.481. The molecule has 0 unspecified atom stereocenters. The lowest BCUT2D eigenvalue weighted by Gasteiger charge is -2.07. The van der Waals surface area contributed by atoms with Gasteiger partial charge in [0.1, 0.15) is 5.75 Å². The summed E-state index contributed by atoms with van der Waals surface area (Å²) in [6, 6.07) is 9.32. The van der Waals surface area contributed by atoms with Crippen molar-refractivity contribution >= 4 is 11.6 Å². The molecule has 0 saturated heterocycles. The summed E-state index contributed by atoms with van der Waals surface area (Å²) < 4.78 is 5.68. The number of nitrogens with zero attached hydrogens (tertiary/aromatic N) is 2. The molecule has 0 aliphatic rings. The fourth-order valence-corrected chi connectivity index (χ4v) is 2.01. The summed E-state index contributed by atoms with van der Waals surface area (Å²) in [4.78, 5) is 0. The molecule has 2 rings (SSSR count). The minimum absolute atomic E-state index is 0.481. The average molecular weight is 292 g/mol. The first kappa shape index (κ1) is 14.8. The molecule has 1 aromatic heterocycles. The molecule has 2 aromatic rings. The first-order valence-electron chi connectivity index (χ1n) is 6.72. The van der Waals surface area contributed by atoms with Gasteiger partial charge in [0.25, 0.3) is 0 Å². The molecule has 0 radical (unpaired) electrons. The van der Waals surface area contributed by atoms with Crippen LogP contribution in [0.25, 0.3) is 0 Å². The van der Waals surface area contributed by atoms with Gasteiger partial charge in [0.05, 0.1) is 5.69 Å². The molecule has 0 fully saturated rings. The molecule has 4 nitrogen and oxygen atoms in total. The van der Waals surface area contributed by atoms with Crippen LogP contribution in [0, 0.1) is 0 Å². The summed E-state index contributed by atoms with van der Waals surface area (Å²) in [5.74, 6) is 1.20. The number of hydrogen-bond acceptors (Lipinski definition) is 4. The highest BCUT2D eigenvalue weighted by atomic mass is 35.5. The Bertz CT molecular complexity index is 558. The molecule has 1 heterocycles. The van der Waals surface area contributed by atoms with E-state index in [0.29, 0.717) is 12.4 Å². The Kier molecular flexibility index (Phi) is 5.32. The van der Waals surface area contributed by atoms with Crippen LogP contribution in [0.3, 0.4) is 0 Å². The quantitative estimate of drug-likeness (QED) is 0.883. The minimum Gasteiger partial charge on any atom is -0.438 e. The van der Waals surface area contributed by atoms with E-state index in [2.05, 4.69) is 29.4 Å². The van der Waals surface area contributed by atoms with Gasteiger partial charge >= 0.3 is 0 Å². The van der Waals surface area contributed by atoms with Gasteiger partial charge < -0.3 is 10.1 Å². The molecular formula is C15H18ClN3O. The number of benzene rings is 1. The molecule has 5 heteroatoms. The van der Waals surface area contributed by atoms with Crippen molar-refractivity contribution < 1.29 is 4.74 Å².